The Labute approximate surface area is 192 Å². The number of imide groups is 1. The van der Waals surface area contributed by atoms with E-state index in [1.165, 1.54) is 4.90 Å². The number of fused-ring (bicyclic) bond motifs is 1. The normalized spacial score (nSPS) is 16.2. The van der Waals surface area contributed by atoms with Gasteiger partial charge < -0.3 is 9.88 Å². The average Bonchev–Trinajstić information content (AvgIpc) is 3.44. The van der Waals surface area contributed by atoms with Gasteiger partial charge in [-0.15, -0.1) is 0 Å². The fourth-order valence-corrected chi connectivity index (χ4v) is 4.79. The molecule has 0 unspecified atom stereocenters. The Balaban J connectivity index is 1.26. The van der Waals surface area contributed by atoms with Crippen molar-refractivity contribution in [2.45, 2.75) is 51.2 Å². The average molecular weight is 443 g/mol. The number of imidazole rings is 1. The van der Waals surface area contributed by atoms with Crippen LogP contribution in [-0.2, 0) is 13.1 Å². The highest BCUT2D eigenvalue weighted by Gasteiger charge is 2.40. The smallest absolute Gasteiger partial charge is 0.261 e. The Morgan fingerprint density at radius 1 is 0.970 bits per heavy atom. The van der Waals surface area contributed by atoms with Crippen molar-refractivity contribution in [1.29, 1.82) is 0 Å². The van der Waals surface area contributed by atoms with Crippen molar-refractivity contribution < 1.29 is 14.4 Å². The van der Waals surface area contributed by atoms with Gasteiger partial charge >= 0.3 is 0 Å². The maximum Gasteiger partial charge on any atom is 0.261 e. The minimum atomic E-state index is -0.274. The summed E-state index contributed by atoms with van der Waals surface area (Å²) in [6.45, 7) is 1.08. The van der Waals surface area contributed by atoms with E-state index in [9.17, 15) is 14.4 Å². The maximum absolute atomic E-state index is 13.0. The molecule has 1 saturated carbocycles. The zero-order valence-corrected chi connectivity index (χ0v) is 18.4. The Morgan fingerprint density at radius 2 is 1.76 bits per heavy atom. The minimum absolute atomic E-state index is 0.0296. The van der Waals surface area contributed by atoms with E-state index in [4.69, 9.17) is 0 Å². The SMILES string of the molecule is O=C(NCc1cccc(Cn2ccnc2)c1)c1ccc2c(c1)C(=O)N(C1CCCCC1)C2=O. The highest BCUT2D eigenvalue weighted by molar-refractivity contribution is 6.22. The molecule has 3 amide bonds. The van der Waals surface area contributed by atoms with Gasteiger partial charge in [0.2, 0.25) is 0 Å². The number of amides is 3. The monoisotopic (exact) mass is 442 g/mol. The van der Waals surface area contributed by atoms with E-state index in [1.54, 1.807) is 30.7 Å². The second-order valence-electron chi connectivity index (χ2n) is 8.77. The lowest BCUT2D eigenvalue weighted by Crippen LogP contribution is -2.40. The third-order valence-corrected chi connectivity index (χ3v) is 6.49. The van der Waals surface area contributed by atoms with Gasteiger partial charge in [0.05, 0.1) is 17.5 Å². The number of rotatable bonds is 6. The predicted octanol–water partition coefficient (Wildman–Crippen LogP) is 3.79. The lowest BCUT2D eigenvalue weighted by molar-refractivity contribution is 0.0548. The van der Waals surface area contributed by atoms with Crippen LogP contribution in [0.3, 0.4) is 0 Å². The highest BCUT2D eigenvalue weighted by atomic mass is 16.2. The molecule has 0 saturated heterocycles. The topological polar surface area (TPSA) is 84.3 Å². The van der Waals surface area contributed by atoms with E-state index in [2.05, 4.69) is 10.3 Å². The van der Waals surface area contributed by atoms with Crippen LogP contribution in [0.4, 0.5) is 0 Å². The molecule has 7 heteroatoms. The summed E-state index contributed by atoms with van der Waals surface area (Å²) < 4.78 is 1.98. The molecular formula is C26H26N4O3. The third-order valence-electron chi connectivity index (χ3n) is 6.49. The summed E-state index contributed by atoms with van der Waals surface area (Å²) in [5.74, 6) is -0.776. The van der Waals surface area contributed by atoms with Crippen LogP contribution in [-0.4, -0.2) is 38.2 Å². The molecule has 1 aliphatic carbocycles. The van der Waals surface area contributed by atoms with Crippen LogP contribution in [0.5, 0.6) is 0 Å². The first-order chi connectivity index (χ1) is 16.1. The van der Waals surface area contributed by atoms with Crippen LogP contribution in [0.25, 0.3) is 0 Å². The number of carbonyl (C=O) groups excluding carboxylic acids is 3. The number of benzene rings is 2. The highest BCUT2D eigenvalue weighted by Crippen LogP contribution is 2.31. The lowest BCUT2D eigenvalue weighted by atomic mass is 9.94. The van der Waals surface area contributed by atoms with Gasteiger partial charge in [-0.2, -0.15) is 0 Å². The predicted molar refractivity (Wildman–Crippen MR) is 123 cm³/mol. The van der Waals surface area contributed by atoms with Crippen LogP contribution in [0, 0.1) is 0 Å². The summed E-state index contributed by atoms with van der Waals surface area (Å²) in [4.78, 5) is 44.1. The summed E-state index contributed by atoms with van der Waals surface area (Å²) in [5, 5.41) is 2.93. The number of hydrogen-bond acceptors (Lipinski definition) is 4. The zero-order valence-electron chi connectivity index (χ0n) is 18.4. The van der Waals surface area contributed by atoms with Crippen LogP contribution in [0.15, 0.2) is 61.2 Å². The fraction of sp³-hybridized carbons (Fsp3) is 0.308. The Hall–Kier alpha value is -3.74. The molecule has 1 fully saturated rings. The first-order valence-electron chi connectivity index (χ1n) is 11.4. The molecule has 1 aromatic heterocycles. The van der Waals surface area contributed by atoms with E-state index in [0.29, 0.717) is 29.8 Å². The molecule has 2 aromatic carbocycles. The van der Waals surface area contributed by atoms with Crippen LogP contribution in [0.2, 0.25) is 0 Å². The van der Waals surface area contributed by atoms with Crippen molar-refractivity contribution in [3.63, 3.8) is 0 Å². The summed E-state index contributed by atoms with van der Waals surface area (Å²) in [7, 11) is 0. The molecule has 0 spiro atoms. The van der Waals surface area contributed by atoms with Crippen molar-refractivity contribution in [2.75, 3.05) is 0 Å². The van der Waals surface area contributed by atoms with E-state index in [-0.39, 0.29) is 23.8 Å². The lowest BCUT2D eigenvalue weighted by Gasteiger charge is -2.29. The molecule has 0 atom stereocenters. The van der Waals surface area contributed by atoms with Crippen molar-refractivity contribution in [1.82, 2.24) is 19.8 Å². The fourth-order valence-electron chi connectivity index (χ4n) is 4.79. The van der Waals surface area contributed by atoms with Crippen molar-refractivity contribution in [3.05, 3.63) is 89.0 Å². The summed E-state index contributed by atoms with van der Waals surface area (Å²) in [6, 6.07) is 12.8. The van der Waals surface area contributed by atoms with Gasteiger partial charge in [-0.1, -0.05) is 43.5 Å². The van der Waals surface area contributed by atoms with Crippen LogP contribution >= 0.6 is 0 Å². The molecular weight excluding hydrogens is 416 g/mol. The van der Waals surface area contributed by atoms with Gasteiger partial charge in [0, 0.05) is 37.1 Å². The Bertz CT molecular complexity index is 1200. The molecule has 33 heavy (non-hydrogen) atoms. The standard InChI is InChI=1S/C26H26N4O3/c31-24(28-15-18-5-4-6-19(13-18)16-29-12-11-27-17-29)20-9-10-22-23(14-20)26(33)30(25(22)32)21-7-2-1-3-8-21/h4-6,9-14,17,21H,1-3,7-8,15-16H2,(H,28,31). The van der Waals surface area contributed by atoms with E-state index >= 15 is 0 Å². The second-order valence-corrected chi connectivity index (χ2v) is 8.77. The Morgan fingerprint density at radius 3 is 2.55 bits per heavy atom. The van der Waals surface area contributed by atoms with E-state index < -0.39 is 0 Å². The molecule has 168 valence electrons. The van der Waals surface area contributed by atoms with Gasteiger partial charge in [0.15, 0.2) is 0 Å². The number of carbonyl (C=O) groups is 3. The molecule has 5 rings (SSSR count). The zero-order chi connectivity index (χ0) is 22.8. The number of aromatic nitrogens is 2. The van der Waals surface area contributed by atoms with E-state index in [1.807, 2.05) is 35.0 Å². The summed E-state index contributed by atoms with van der Waals surface area (Å²) >= 11 is 0. The van der Waals surface area contributed by atoms with Gasteiger partial charge in [0.25, 0.3) is 17.7 Å². The number of nitrogens with zero attached hydrogens (tertiary/aromatic N) is 3. The van der Waals surface area contributed by atoms with E-state index in [0.717, 1.165) is 43.2 Å². The molecule has 0 bridgehead atoms. The first-order valence-corrected chi connectivity index (χ1v) is 11.4. The molecule has 2 aliphatic rings. The molecule has 1 N–H and O–H groups in total. The molecule has 2 heterocycles. The van der Waals surface area contributed by atoms with Crippen molar-refractivity contribution in [3.8, 4) is 0 Å². The largest absolute Gasteiger partial charge is 0.348 e. The van der Waals surface area contributed by atoms with Crippen molar-refractivity contribution in [2.24, 2.45) is 0 Å². The van der Waals surface area contributed by atoms with Gasteiger partial charge in [0.1, 0.15) is 0 Å². The van der Waals surface area contributed by atoms with Crippen LogP contribution in [0.1, 0.15) is 74.3 Å². The maximum atomic E-state index is 13.0. The van der Waals surface area contributed by atoms with Crippen LogP contribution < -0.4 is 5.32 Å². The molecule has 1 aliphatic heterocycles. The number of nitrogens with one attached hydrogen (secondary N) is 1. The third kappa shape index (κ3) is 4.31. The minimum Gasteiger partial charge on any atom is -0.348 e. The van der Waals surface area contributed by atoms with Crippen molar-refractivity contribution >= 4 is 17.7 Å². The summed E-state index contributed by atoms with van der Waals surface area (Å²) in [6.07, 6.45) is 10.4. The number of hydrogen-bond donors (Lipinski definition) is 1. The molecule has 0 radical (unpaired) electrons. The van der Waals surface area contributed by atoms with Gasteiger partial charge in [-0.05, 0) is 42.2 Å². The Kier molecular flexibility index (Phi) is 5.77. The second kappa shape index (κ2) is 9.02. The van der Waals surface area contributed by atoms with Gasteiger partial charge in [-0.25, -0.2) is 4.98 Å². The summed E-state index contributed by atoms with van der Waals surface area (Å²) in [5.41, 5.74) is 3.21. The first kappa shape index (κ1) is 21.1. The quantitative estimate of drug-likeness (QED) is 0.589. The molecule has 7 nitrogen and oxygen atoms in total. The van der Waals surface area contributed by atoms with Gasteiger partial charge in [-0.3, -0.25) is 19.3 Å². The molecule has 3 aromatic rings.